The Labute approximate surface area is 102 Å². The van der Waals surface area contributed by atoms with Gasteiger partial charge in [0.1, 0.15) is 11.6 Å². The van der Waals surface area contributed by atoms with Crippen LogP contribution in [0.2, 0.25) is 0 Å². The van der Waals surface area contributed by atoms with E-state index in [4.69, 9.17) is 0 Å². The molecule has 3 heteroatoms. The number of nitrogens with one attached hydrogen (secondary N) is 1. The summed E-state index contributed by atoms with van der Waals surface area (Å²) >= 11 is 0. The lowest BCUT2D eigenvalue weighted by Gasteiger charge is -2.19. The smallest absolute Gasteiger partial charge is 0.126 e. The standard InChI is InChI=1S/C14H21F2N/c1-4-11(5-2)9-17-10(3)12-6-13(15)8-14(16)7-12/h6-8,10-11,17H,4-5,9H2,1-3H3. The van der Waals surface area contributed by atoms with Crippen molar-refractivity contribution in [2.24, 2.45) is 5.92 Å². The van der Waals surface area contributed by atoms with Crippen LogP contribution in [-0.2, 0) is 0 Å². The van der Waals surface area contributed by atoms with Crippen LogP contribution in [0.25, 0.3) is 0 Å². The number of hydrogen-bond donors (Lipinski definition) is 1. The quantitative estimate of drug-likeness (QED) is 0.792. The topological polar surface area (TPSA) is 12.0 Å². The third kappa shape index (κ3) is 4.43. The van der Waals surface area contributed by atoms with Crippen molar-refractivity contribution in [3.05, 3.63) is 35.4 Å². The van der Waals surface area contributed by atoms with Gasteiger partial charge in [-0.25, -0.2) is 8.78 Å². The van der Waals surface area contributed by atoms with Crippen molar-refractivity contribution in [2.75, 3.05) is 6.54 Å². The Morgan fingerprint density at radius 3 is 2.06 bits per heavy atom. The van der Waals surface area contributed by atoms with Crippen molar-refractivity contribution < 1.29 is 8.78 Å². The molecule has 0 aliphatic rings. The van der Waals surface area contributed by atoms with Gasteiger partial charge in [0, 0.05) is 12.1 Å². The van der Waals surface area contributed by atoms with Gasteiger partial charge in [-0.1, -0.05) is 26.7 Å². The van der Waals surface area contributed by atoms with Crippen LogP contribution >= 0.6 is 0 Å². The second-order valence-electron chi connectivity index (χ2n) is 4.52. The highest BCUT2D eigenvalue weighted by Gasteiger charge is 2.10. The summed E-state index contributed by atoms with van der Waals surface area (Å²) in [6.07, 6.45) is 2.24. The molecule has 0 saturated carbocycles. The van der Waals surface area contributed by atoms with E-state index < -0.39 is 11.6 Å². The van der Waals surface area contributed by atoms with E-state index in [0.29, 0.717) is 11.5 Å². The molecule has 1 atom stereocenters. The van der Waals surface area contributed by atoms with Crippen molar-refractivity contribution in [2.45, 2.75) is 39.7 Å². The number of hydrogen-bond acceptors (Lipinski definition) is 1. The third-order valence-electron chi connectivity index (χ3n) is 3.25. The van der Waals surface area contributed by atoms with E-state index in [1.807, 2.05) is 6.92 Å². The number of rotatable bonds is 6. The lowest BCUT2D eigenvalue weighted by molar-refractivity contribution is 0.421. The van der Waals surface area contributed by atoms with Crippen LogP contribution in [0, 0.1) is 17.6 Å². The van der Waals surface area contributed by atoms with Crippen molar-refractivity contribution >= 4 is 0 Å². The maximum atomic E-state index is 13.1. The molecule has 0 amide bonds. The number of halogens is 2. The maximum absolute atomic E-state index is 13.1. The van der Waals surface area contributed by atoms with Crippen LogP contribution in [-0.4, -0.2) is 6.54 Å². The van der Waals surface area contributed by atoms with E-state index in [2.05, 4.69) is 19.2 Å². The van der Waals surface area contributed by atoms with Crippen LogP contribution < -0.4 is 5.32 Å². The van der Waals surface area contributed by atoms with E-state index >= 15 is 0 Å². The summed E-state index contributed by atoms with van der Waals surface area (Å²) in [5, 5.41) is 3.32. The minimum Gasteiger partial charge on any atom is -0.310 e. The molecule has 1 rings (SSSR count). The van der Waals surface area contributed by atoms with Gasteiger partial charge in [-0.3, -0.25) is 0 Å². The van der Waals surface area contributed by atoms with Crippen LogP contribution in [0.1, 0.15) is 45.2 Å². The summed E-state index contributed by atoms with van der Waals surface area (Å²) in [6.45, 7) is 7.12. The molecule has 0 heterocycles. The van der Waals surface area contributed by atoms with Gasteiger partial charge < -0.3 is 5.32 Å². The van der Waals surface area contributed by atoms with Crippen molar-refractivity contribution in [1.82, 2.24) is 5.32 Å². The lowest BCUT2D eigenvalue weighted by atomic mass is 10.0. The Morgan fingerprint density at radius 1 is 1.06 bits per heavy atom. The molecule has 1 N–H and O–H groups in total. The van der Waals surface area contributed by atoms with E-state index in [1.165, 1.54) is 12.1 Å². The minimum absolute atomic E-state index is 0.0270. The first-order valence-corrected chi connectivity index (χ1v) is 6.26. The summed E-state index contributed by atoms with van der Waals surface area (Å²) in [5.41, 5.74) is 0.661. The molecule has 0 saturated heterocycles. The van der Waals surface area contributed by atoms with E-state index in [1.54, 1.807) is 0 Å². The summed E-state index contributed by atoms with van der Waals surface area (Å²) in [5.74, 6) is -0.414. The average Bonchev–Trinajstić information content (AvgIpc) is 2.28. The predicted octanol–water partition coefficient (Wildman–Crippen LogP) is 4.05. The zero-order chi connectivity index (χ0) is 12.8. The van der Waals surface area contributed by atoms with E-state index in [-0.39, 0.29) is 6.04 Å². The zero-order valence-electron chi connectivity index (χ0n) is 10.8. The predicted molar refractivity (Wildman–Crippen MR) is 66.8 cm³/mol. The first-order valence-electron chi connectivity index (χ1n) is 6.26. The van der Waals surface area contributed by atoms with Crippen LogP contribution in [0.5, 0.6) is 0 Å². The molecular formula is C14H21F2N. The molecule has 0 fully saturated rings. The Hall–Kier alpha value is -0.960. The average molecular weight is 241 g/mol. The van der Waals surface area contributed by atoms with Crippen LogP contribution in [0.4, 0.5) is 8.78 Å². The summed E-state index contributed by atoms with van der Waals surface area (Å²) in [4.78, 5) is 0. The lowest BCUT2D eigenvalue weighted by Crippen LogP contribution is -2.25. The van der Waals surface area contributed by atoms with Crippen molar-refractivity contribution in [1.29, 1.82) is 0 Å². The molecule has 0 aliphatic heterocycles. The van der Waals surface area contributed by atoms with Crippen molar-refractivity contribution in [3.63, 3.8) is 0 Å². The fourth-order valence-electron chi connectivity index (χ4n) is 1.86. The fourth-order valence-corrected chi connectivity index (χ4v) is 1.86. The Bertz CT molecular complexity index is 328. The highest BCUT2D eigenvalue weighted by atomic mass is 19.1. The van der Waals surface area contributed by atoms with Gasteiger partial charge in [0.05, 0.1) is 0 Å². The Kier molecular flexibility index (Phi) is 5.56. The largest absolute Gasteiger partial charge is 0.310 e. The summed E-state index contributed by atoms with van der Waals surface area (Å²) < 4.78 is 26.1. The molecule has 17 heavy (non-hydrogen) atoms. The molecule has 0 spiro atoms. The van der Waals surface area contributed by atoms with Gasteiger partial charge in [0.15, 0.2) is 0 Å². The van der Waals surface area contributed by atoms with Crippen LogP contribution in [0.15, 0.2) is 18.2 Å². The monoisotopic (exact) mass is 241 g/mol. The number of benzene rings is 1. The highest BCUT2D eigenvalue weighted by molar-refractivity contribution is 5.20. The molecule has 0 bridgehead atoms. The van der Waals surface area contributed by atoms with Crippen LogP contribution in [0.3, 0.4) is 0 Å². The van der Waals surface area contributed by atoms with E-state index in [9.17, 15) is 8.78 Å². The molecule has 1 unspecified atom stereocenters. The molecule has 1 nitrogen and oxygen atoms in total. The minimum atomic E-state index is -0.517. The molecule has 0 radical (unpaired) electrons. The van der Waals surface area contributed by atoms with Gasteiger partial charge >= 0.3 is 0 Å². The maximum Gasteiger partial charge on any atom is 0.126 e. The van der Waals surface area contributed by atoms with E-state index in [0.717, 1.165) is 25.5 Å². The molecule has 96 valence electrons. The van der Waals surface area contributed by atoms with Gasteiger partial charge in [-0.15, -0.1) is 0 Å². The first kappa shape index (κ1) is 14.1. The third-order valence-corrected chi connectivity index (χ3v) is 3.25. The Morgan fingerprint density at radius 2 is 1.59 bits per heavy atom. The van der Waals surface area contributed by atoms with Gasteiger partial charge in [-0.05, 0) is 37.1 Å². The molecular weight excluding hydrogens is 220 g/mol. The first-order chi connectivity index (χ1) is 8.06. The molecule has 0 aromatic heterocycles. The highest BCUT2D eigenvalue weighted by Crippen LogP contribution is 2.17. The molecule has 0 aliphatic carbocycles. The van der Waals surface area contributed by atoms with Gasteiger partial charge in [-0.2, -0.15) is 0 Å². The summed E-state index contributed by atoms with van der Waals surface area (Å²) in [6, 6.07) is 3.64. The van der Waals surface area contributed by atoms with Gasteiger partial charge in [0.2, 0.25) is 0 Å². The second-order valence-corrected chi connectivity index (χ2v) is 4.52. The summed E-state index contributed by atoms with van der Waals surface area (Å²) in [7, 11) is 0. The van der Waals surface area contributed by atoms with Gasteiger partial charge in [0.25, 0.3) is 0 Å². The zero-order valence-corrected chi connectivity index (χ0v) is 10.8. The van der Waals surface area contributed by atoms with Crippen molar-refractivity contribution in [3.8, 4) is 0 Å². The SMILES string of the molecule is CCC(CC)CNC(C)c1cc(F)cc(F)c1. The Balaban J connectivity index is 2.60. The fraction of sp³-hybridized carbons (Fsp3) is 0.571. The second kappa shape index (κ2) is 6.70. The molecule has 1 aromatic carbocycles. The molecule has 1 aromatic rings. The normalized spacial score (nSPS) is 13.1.